The molecule has 0 nitrogen and oxygen atoms in total. The molecule has 0 saturated heterocycles. The standard InChI is InChI=1S/C60H34Si/c1-3-17-35(18-4-1)53-47-33-46-38-22-8-7-21-37(38)41-26-15-28-44(55(41)46)58(47)54(36-19-5-2-6-20-36)59-45-29-16-27-43-56(45)48(60(53)59)34-52-57(43)42-25-11-14-32-51(42)61(52)49-30-12-9-23-39(49)40-24-10-13-31-50(40)61/h1-34H. The van der Waals surface area contributed by atoms with E-state index in [2.05, 4.69) is 206 Å². The zero-order valence-corrected chi connectivity index (χ0v) is 34.1. The second-order valence-corrected chi connectivity index (χ2v) is 21.0. The first-order valence-corrected chi connectivity index (χ1v) is 23.5. The first-order chi connectivity index (χ1) is 30.3. The molecule has 1 spiro atoms. The summed E-state index contributed by atoms with van der Waals surface area (Å²) < 4.78 is 0. The maximum atomic E-state index is 2.71. The SMILES string of the molecule is c1ccc(-c2c3cc4c5ccccc5c5cccc(c3c(-c3ccccc3)c3c6cccc7c8c(cc(c23)c76)[Si]2(c3ccccc3-c3ccccc32)c2ccccc2-8)c54)cc1. The summed E-state index contributed by atoms with van der Waals surface area (Å²) in [4.78, 5) is 0. The van der Waals surface area contributed by atoms with Gasteiger partial charge in [-0.05, 0) is 147 Å². The second-order valence-electron chi connectivity index (χ2n) is 17.3. The summed E-state index contributed by atoms with van der Waals surface area (Å²) in [5, 5.41) is 24.9. The van der Waals surface area contributed by atoms with E-state index in [9.17, 15) is 0 Å². The van der Waals surface area contributed by atoms with Crippen molar-refractivity contribution in [1.82, 2.24) is 0 Å². The van der Waals surface area contributed by atoms with Gasteiger partial charge in [0.25, 0.3) is 0 Å². The first-order valence-electron chi connectivity index (χ1n) is 21.5. The van der Waals surface area contributed by atoms with Gasteiger partial charge in [-0.15, -0.1) is 0 Å². The predicted molar refractivity (Wildman–Crippen MR) is 264 cm³/mol. The van der Waals surface area contributed by atoms with Crippen LogP contribution in [0.4, 0.5) is 0 Å². The van der Waals surface area contributed by atoms with Gasteiger partial charge in [-0.1, -0.05) is 200 Å². The summed E-state index contributed by atoms with van der Waals surface area (Å²) in [5.41, 5.74) is 10.8. The molecule has 0 aromatic heterocycles. The van der Waals surface area contributed by atoms with Crippen LogP contribution in [0.3, 0.4) is 0 Å². The molecule has 13 aromatic rings. The molecule has 0 fully saturated rings. The van der Waals surface area contributed by atoms with Gasteiger partial charge in [-0.25, -0.2) is 0 Å². The van der Waals surface area contributed by atoms with Crippen LogP contribution < -0.4 is 20.7 Å². The first kappa shape index (κ1) is 32.3. The third-order valence-corrected chi connectivity index (χ3v) is 19.7. The van der Waals surface area contributed by atoms with Gasteiger partial charge in [-0.2, -0.15) is 0 Å². The molecule has 278 valence electrons. The van der Waals surface area contributed by atoms with Crippen molar-refractivity contribution in [3.05, 3.63) is 206 Å². The van der Waals surface area contributed by atoms with Gasteiger partial charge in [0.05, 0.1) is 0 Å². The van der Waals surface area contributed by atoms with Crippen LogP contribution in [0.2, 0.25) is 0 Å². The van der Waals surface area contributed by atoms with Gasteiger partial charge < -0.3 is 0 Å². The van der Waals surface area contributed by atoms with Crippen molar-refractivity contribution >= 4 is 104 Å². The fourth-order valence-electron chi connectivity index (χ4n) is 12.7. The summed E-state index contributed by atoms with van der Waals surface area (Å²) in [6.45, 7) is 0. The summed E-state index contributed by atoms with van der Waals surface area (Å²) in [6, 6.07) is 79.1. The lowest BCUT2D eigenvalue weighted by atomic mass is 9.84. The van der Waals surface area contributed by atoms with E-state index in [1.165, 1.54) is 141 Å². The highest BCUT2D eigenvalue weighted by Crippen LogP contribution is 2.55. The molecule has 2 heterocycles. The van der Waals surface area contributed by atoms with Crippen LogP contribution in [0.25, 0.3) is 120 Å². The predicted octanol–water partition coefficient (Wildman–Crippen LogP) is 13.3. The molecule has 0 aliphatic carbocycles. The normalized spacial score (nSPS) is 13.7. The number of hydrogen-bond acceptors (Lipinski definition) is 0. The minimum Gasteiger partial charge on any atom is -0.0623 e. The molecule has 15 rings (SSSR count). The Labute approximate surface area is 353 Å². The summed E-state index contributed by atoms with van der Waals surface area (Å²) in [6.07, 6.45) is 0. The van der Waals surface area contributed by atoms with E-state index in [1.54, 1.807) is 0 Å². The average molecular weight is 783 g/mol. The van der Waals surface area contributed by atoms with Crippen molar-refractivity contribution in [3.8, 4) is 44.5 Å². The summed E-state index contributed by atoms with van der Waals surface area (Å²) in [5.74, 6) is 0. The lowest BCUT2D eigenvalue weighted by molar-refractivity contribution is 1.68. The minimum atomic E-state index is -2.73. The van der Waals surface area contributed by atoms with Crippen molar-refractivity contribution in [3.63, 3.8) is 0 Å². The Balaban J connectivity index is 1.24. The van der Waals surface area contributed by atoms with Crippen LogP contribution in [0.5, 0.6) is 0 Å². The van der Waals surface area contributed by atoms with Crippen LogP contribution in [0, 0.1) is 0 Å². The number of rotatable bonds is 2. The number of benzene rings is 11. The van der Waals surface area contributed by atoms with Crippen molar-refractivity contribution in [1.29, 1.82) is 0 Å². The highest BCUT2D eigenvalue weighted by Gasteiger charge is 2.54. The molecule has 0 bridgehead atoms. The fourth-order valence-corrected chi connectivity index (χ4v) is 18.3. The molecule has 2 aliphatic heterocycles. The smallest absolute Gasteiger partial charge is 0.0623 e. The fraction of sp³-hybridized carbons (Fsp3) is 0. The monoisotopic (exact) mass is 782 g/mol. The van der Waals surface area contributed by atoms with E-state index in [0.717, 1.165) is 0 Å². The minimum absolute atomic E-state index is 1.26. The highest BCUT2D eigenvalue weighted by atomic mass is 28.3. The number of hydrogen-bond donors (Lipinski definition) is 0. The van der Waals surface area contributed by atoms with E-state index >= 15 is 0 Å². The molecular weight excluding hydrogens is 749 g/mol. The zero-order valence-electron chi connectivity index (χ0n) is 33.1. The van der Waals surface area contributed by atoms with Crippen LogP contribution in [-0.4, -0.2) is 8.07 Å². The zero-order chi connectivity index (χ0) is 39.6. The van der Waals surface area contributed by atoms with Gasteiger partial charge in [0.15, 0.2) is 8.07 Å². The summed E-state index contributed by atoms with van der Waals surface area (Å²) in [7, 11) is -2.73. The van der Waals surface area contributed by atoms with Crippen LogP contribution in [-0.2, 0) is 0 Å². The van der Waals surface area contributed by atoms with Crippen molar-refractivity contribution in [2.45, 2.75) is 0 Å². The Morgan fingerprint density at radius 3 is 1.34 bits per heavy atom. The van der Waals surface area contributed by atoms with Gasteiger partial charge in [0.1, 0.15) is 0 Å². The molecule has 0 saturated carbocycles. The van der Waals surface area contributed by atoms with E-state index in [-0.39, 0.29) is 0 Å². The maximum absolute atomic E-state index is 2.73. The van der Waals surface area contributed by atoms with Gasteiger partial charge in [0, 0.05) is 0 Å². The topological polar surface area (TPSA) is 0 Å². The summed E-state index contributed by atoms with van der Waals surface area (Å²) >= 11 is 0. The Bertz CT molecular complexity index is 3980. The van der Waals surface area contributed by atoms with Gasteiger partial charge in [-0.3, -0.25) is 0 Å². The third kappa shape index (κ3) is 3.75. The van der Waals surface area contributed by atoms with Gasteiger partial charge in [0.2, 0.25) is 0 Å². The Morgan fingerprint density at radius 1 is 0.213 bits per heavy atom. The Hall–Kier alpha value is -7.58. The molecule has 0 atom stereocenters. The second kappa shape index (κ2) is 11.4. The van der Waals surface area contributed by atoms with Crippen molar-refractivity contribution in [2.24, 2.45) is 0 Å². The van der Waals surface area contributed by atoms with E-state index in [1.807, 2.05) is 0 Å². The Kier molecular flexibility index (Phi) is 6.02. The molecule has 0 radical (unpaired) electrons. The van der Waals surface area contributed by atoms with E-state index in [0.29, 0.717) is 0 Å². The molecule has 13 aromatic carbocycles. The van der Waals surface area contributed by atoms with Crippen LogP contribution >= 0.6 is 0 Å². The molecule has 61 heavy (non-hydrogen) atoms. The molecule has 0 N–H and O–H groups in total. The molecule has 1 heteroatoms. The van der Waals surface area contributed by atoms with Crippen LogP contribution in [0.1, 0.15) is 0 Å². The third-order valence-electron chi connectivity index (χ3n) is 14.7. The van der Waals surface area contributed by atoms with Gasteiger partial charge >= 0.3 is 0 Å². The number of fused-ring (bicyclic) bond motifs is 19. The van der Waals surface area contributed by atoms with Crippen molar-refractivity contribution in [2.75, 3.05) is 0 Å². The quantitative estimate of drug-likeness (QED) is 0.121. The molecule has 2 aliphatic rings. The average Bonchev–Trinajstić information content (AvgIpc) is 4.03. The molecular formula is C60H34Si. The maximum Gasteiger partial charge on any atom is 0.182 e. The van der Waals surface area contributed by atoms with E-state index < -0.39 is 8.07 Å². The van der Waals surface area contributed by atoms with Crippen molar-refractivity contribution < 1.29 is 0 Å². The van der Waals surface area contributed by atoms with Crippen LogP contribution in [0.15, 0.2) is 206 Å². The lowest BCUT2D eigenvalue weighted by Crippen LogP contribution is -2.70. The van der Waals surface area contributed by atoms with E-state index in [4.69, 9.17) is 0 Å². The molecule has 0 amide bonds. The highest BCUT2D eigenvalue weighted by molar-refractivity contribution is 7.24. The largest absolute Gasteiger partial charge is 0.182 e. The lowest BCUT2D eigenvalue weighted by Gasteiger charge is -2.28. The Morgan fingerprint density at radius 2 is 0.672 bits per heavy atom. The molecule has 0 unspecified atom stereocenters.